The third-order valence-corrected chi connectivity index (χ3v) is 1.30. The molecule has 0 atom stereocenters. The number of primary amides is 1. The van der Waals surface area contributed by atoms with E-state index in [1.807, 2.05) is 0 Å². The molecular formula is C5H5ClN4O2. The fourth-order valence-electron chi connectivity index (χ4n) is 0.635. The van der Waals surface area contributed by atoms with Gasteiger partial charge in [0.05, 0.1) is 5.69 Å². The number of rotatable bonds is 2. The van der Waals surface area contributed by atoms with Gasteiger partial charge >= 0.3 is 0 Å². The van der Waals surface area contributed by atoms with Crippen molar-refractivity contribution in [3.05, 3.63) is 16.9 Å². The summed E-state index contributed by atoms with van der Waals surface area (Å²) < 4.78 is 0. The summed E-state index contributed by atoms with van der Waals surface area (Å²) in [4.78, 5) is 10.6. The van der Waals surface area contributed by atoms with Crippen LogP contribution in [0, 0.1) is 0 Å². The predicted molar refractivity (Wildman–Crippen MR) is 41.0 cm³/mol. The Morgan fingerprint density at radius 2 is 2.33 bits per heavy atom. The lowest BCUT2D eigenvalue weighted by Crippen LogP contribution is -2.16. The lowest BCUT2D eigenvalue weighted by Gasteiger charge is -2.01. The van der Waals surface area contributed by atoms with E-state index in [1.165, 1.54) is 6.07 Å². The quantitative estimate of drug-likeness (QED) is 0.569. The lowest BCUT2D eigenvalue weighted by atomic mass is 10.3. The molecule has 0 bridgehead atoms. The van der Waals surface area contributed by atoms with Gasteiger partial charge in [0.1, 0.15) is 0 Å². The maximum absolute atomic E-state index is 10.6. The lowest BCUT2D eigenvalue weighted by molar-refractivity contribution is 0.0994. The molecule has 0 fully saturated rings. The number of amides is 1. The van der Waals surface area contributed by atoms with E-state index in [0.29, 0.717) is 0 Å². The summed E-state index contributed by atoms with van der Waals surface area (Å²) >= 11 is 5.42. The van der Waals surface area contributed by atoms with E-state index in [2.05, 4.69) is 10.2 Å². The molecule has 12 heavy (non-hydrogen) atoms. The van der Waals surface area contributed by atoms with E-state index in [1.54, 1.807) is 5.48 Å². The van der Waals surface area contributed by atoms with Gasteiger partial charge in [-0.1, -0.05) is 11.6 Å². The molecule has 0 saturated heterocycles. The Bertz CT molecular complexity index is 316. The fraction of sp³-hybridized carbons (Fsp3) is 0. The summed E-state index contributed by atoms with van der Waals surface area (Å²) in [6, 6.07) is 1.23. The van der Waals surface area contributed by atoms with Crippen LogP contribution in [0.5, 0.6) is 0 Å². The van der Waals surface area contributed by atoms with Crippen molar-refractivity contribution in [2.24, 2.45) is 5.73 Å². The third kappa shape index (κ3) is 1.60. The minimum absolute atomic E-state index is 0.0301. The van der Waals surface area contributed by atoms with Crippen molar-refractivity contribution in [1.82, 2.24) is 10.2 Å². The molecule has 1 amide bonds. The summed E-state index contributed by atoms with van der Waals surface area (Å²) in [6.45, 7) is 0. The number of halogens is 1. The first-order valence-corrected chi connectivity index (χ1v) is 3.26. The standard InChI is InChI=1S/C5H5ClN4O2/c6-3-1-2(10-12)4(5(7)11)9-8-3/h1,12H,(H2,7,11)(H,8,10). The highest BCUT2D eigenvalue weighted by atomic mass is 35.5. The zero-order valence-corrected chi connectivity index (χ0v) is 6.54. The van der Waals surface area contributed by atoms with Crippen LogP contribution in [-0.2, 0) is 0 Å². The average molecular weight is 189 g/mol. The van der Waals surface area contributed by atoms with Crippen LogP contribution in [0.15, 0.2) is 6.07 Å². The largest absolute Gasteiger partial charge is 0.364 e. The summed E-state index contributed by atoms with van der Waals surface area (Å²) in [6.07, 6.45) is 0. The van der Waals surface area contributed by atoms with Crippen molar-refractivity contribution in [2.45, 2.75) is 0 Å². The smallest absolute Gasteiger partial charge is 0.271 e. The Kier molecular flexibility index (Phi) is 2.41. The molecule has 1 aromatic rings. The fourth-order valence-corrected chi connectivity index (χ4v) is 0.782. The van der Waals surface area contributed by atoms with Gasteiger partial charge < -0.3 is 5.73 Å². The number of anilines is 1. The molecule has 4 N–H and O–H groups in total. The van der Waals surface area contributed by atoms with Gasteiger partial charge in [0.2, 0.25) is 0 Å². The van der Waals surface area contributed by atoms with Crippen LogP contribution < -0.4 is 11.2 Å². The molecule has 0 aliphatic heterocycles. The third-order valence-electron chi connectivity index (χ3n) is 1.12. The van der Waals surface area contributed by atoms with Crippen LogP contribution in [0.1, 0.15) is 10.5 Å². The van der Waals surface area contributed by atoms with Crippen LogP contribution in [0.25, 0.3) is 0 Å². The van der Waals surface area contributed by atoms with Crippen LogP contribution in [-0.4, -0.2) is 21.3 Å². The van der Waals surface area contributed by atoms with Crippen molar-refractivity contribution in [1.29, 1.82) is 0 Å². The van der Waals surface area contributed by atoms with Gasteiger partial charge in [0.25, 0.3) is 5.91 Å². The molecule has 0 aromatic carbocycles. The second kappa shape index (κ2) is 3.33. The Labute approximate surface area is 72.3 Å². The number of aromatic nitrogens is 2. The first kappa shape index (κ1) is 8.69. The highest BCUT2D eigenvalue weighted by Crippen LogP contribution is 2.14. The van der Waals surface area contributed by atoms with Crippen molar-refractivity contribution < 1.29 is 10.0 Å². The van der Waals surface area contributed by atoms with Gasteiger partial charge in [0.15, 0.2) is 10.8 Å². The molecule has 7 heteroatoms. The Morgan fingerprint density at radius 3 is 2.83 bits per heavy atom. The summed E-state index contributed by atoms with van der Waals surface area (Å²) in [7, 11) is 0. The molecular weight excluding hydrogens is 184 g/mol. The number of nitrogens with two attached hydrogens (primary N) is 1. The number of carbonyl (C=O) groups is 1. The first-order chi connectivity index (χ1) is 5.65. The maximum Gasteiger partial charge on any atom is 0.271 e. The van der Waals surface area contributed by atoms with Crippen LogP contribution in [0.4, 0.5) is 5.69 Å². The van der Waals surface area contributed by atoms with E-state index in [9.17, 15) is 4.79 Å². The van der Waals surface area contributed by atoms with Crippen molar-refractivity contribution in [2.75, 3.05) is 5.48 Å². The Balaban J connectivity index is 3.20. The van der Waals surface area contributed by atoms with Crippen LogP contribution >= 0.6 is 11.6 Å². The zero-order chi connectivity index (χ0) is 9.14. The van der Waals surface area contributed by atoms with E-state index in [0.717, 1.165) is 0 Å². The van der Waals surface area contributed by atoms with Crippen LogP contribution in [0.3, 0.4) is 0 Å². The zero-order valence-electron chi connectivity index (χ0n) is 5.78. The van der Waals surface area contributed by atoms with Gasteiger partial charge in [-0.3, -0.25) is 15.5 Å². The summed E-state index contributed by atoms with van der Waals surface area (Å²) in [5.74, 6) is -0.796. The first-order valence-electron chi connectivity index (χ1n) is 2.88. The molecule has 0 aliphatic rings. The van der Waals surface area contributed by atoms with Gasteiger partial charge in [-0.05, 0) is 0 Å². The maximum atomic E-state index is 10.6. The highest BCUT2D eigenvalue weighted by Gasteiger charge is 2.10. The molecule has 0 spiro atoms. The number of hydrogen-bond donors (Lipinski definition) is 3. The SMILES string of the molecule is NC(=O)c1nnc(Cl)cc1NO. The van der Waals surface area contributed by atoms with E-state index >= 15 is 0 Å². The minimum Gasteiger partial charge on any atom is -0.364 e. The second-order valence-electron chi connectivity index (χ2n) is 1.91. The number of nitrogens with zero attached hydrogens (tertiary/aromatic N) is 2. The molecule has 1 aromatic heterocycles. The van der Waals surface area contributed by atoms with Crippen LogP contribution in [0.2, 0.25) is 5.15 Å². The molecule has 0 saturated carbocycles. The highest BCUT2D eigenvalue weighted by molar-refractivity contribution is 6.29. The van der Waals surface area contributed by atoms with Crippen molar-refractivity contribution in [3.63, 3.8) is 0 Å². The topological polar surface area (TPSA) is 101 Å². The minimum atomic E-state index is -0.796. The molecule has 1 heterocycles. The number of nitrogens with one attached hydrogen (secondary N) is 1. The number of hydrogen-bond acceptors (Lipinski definition) is 5. The Hall–Kier alpha value is -1.40. The van der Waals surface area contributed by atoms with Gasteiger partial charge in [0, 0.05) is 6.07 Å². The van der Waals surface area contributed by atoms with E-state index in [4.69, 9.17) is 22.5 Å². The Morgan fingerprint density at radius 1 is 1.67 bits per heavy atom. The van der Waals surface area contributed by atoms with Gasteiger partial charge in [-0.25, -0.2) is 0 Å². The average Bonchev–Trinajstić information content (AvgIpc) is 2.03. The summed E-state index contributed by atoms with van der Waals surface area (Å²) in [5, 5.41) is 15.3. The monoisotopic (exact) mass is 188 g/mol. The second-order valence-corrected chi connectivity index (χ2v) is 2.29. The van der Waals surface area contributed by atoms with Gasteiger partial charge in [-0.2, -0.15) is 0 Å². The van der Waals surface area contributed by atoms with Gasteiger partial charge in [-0.15, -0.1) is 10.2 Å². The molecule has 0 aliphatic carbocycles. The molecule has 6 nitrogen and oxygen atoms in total. The van der Waals surface area contributed by atoms with E-state index < -0.39 is 5.91 Å². The summed E-state index contributed by atoms with van der Waals surface area (Å²) in [5.41, 5.74) is 6.50. The normalized spacial score (nSPS) is 9.50. The molecule has 64 valence electrons. The van der Waals surface area contributed by atoms with E-state index in [-0.39, 0.29) is 16.5 Å². The predicted octanol–water partition coefficient (Wildman–Crippen LogP) is 0.0300. The molecule has 0 unspecified atom stereocenters. The number of carbonyl (C=O) groups excluding carboxylic acids is 1. The molecule has 1 rings (SSSR count). The molecule has 0 radical (unpaired) electrons. The van der Waals surface area contributed by atoms with Crippen molar-refractivity contribution in [3.8, 4) is 0 Å². The van der Waals surface area contributed by atoms with Crippen molar-refractivity contribution >= 4 is 23.2 Å².